The van der Waals surface area contributed by atoms with E-state index in [9.17, 15) is 9.90 Å². The van der Waals surface area contributed by atoms with E-state index in [-0.39, 0.29) is 17.6 Å². The van der Waals surface area contributed by atoms with Crippen molar-refractivity contribution in [2.24, 2.45) is 11.0 Å². The van der Waals surface area contributed by atoms with Crippen LogP contribution in [0.2, 0.25) is 0 Å². The Kier molecular flexibility index (Phi) is 7.41. The average molecular weight is 482 g/mol. The predicted octanol–water partition coefficient (Wildman–Crippen LogP) is 5.37. The van der Waals surface area contributed by atoms with E-state index in [4.69, 9.17) is 0 Å². The van der Waals surface area contributed by atoms with Crippen LogP contribution in [0.4, 0.5) is 0 Å². The minimum atomic E-state index is -0.293. The molecule has 0 fully saturated rings. The molecule has 6 heteroatoms. The second-order valence-corrected chi connectivity index (χ2v) is 8.34. The second kappa shape index (κ2) is 9.33. The van der Waals surface area contributed by atoms with Gasteiger partial charge in [-0.15, -0.1) is 0 Å². The summed E-state index contributed by atoms with van der Waals surface area (Å²) in [5, 5.41) is 13.7. The summed E-state index contributed by atoms with van der Waals surface area (Å²) >= 11 is 6.53. The molecular weight excluding hydrogens is 460 g/mol. The van der Waals surface area contributed by atoms with Crippen molar-refractivity contribution in [3.63, 3.8) is 0 Å². The maximum absolute atomic E-state index is 12.3. The van der Waals surface area contributed by atoms with Crippen LogP contribution in [0.1, 0.15) is 43.4 Å². The molecule has 1 unspecified atom stereocenters. The first-order valence-corrected chi connectivity index (χ1v) is 9.96. The van der Waals surface area contributed by atoms with Crippen molar-refractivity contribution >= 4 is 44.0 Å². The number of nitrogens with zero attached hydrogens (tertiary/aromatic N) is 1. The van der Waals surface area contributed by atoms with Crippen LogP contribution in [-0.2, 0) is 11.2 Å². The molecule has 138 valence electrons. The Hall–Kier alpha value is -1.66. The fraction of sp³-hybridized carbons (Fsp3) is 0.300. The van der Waals surface area contributed by atoms with Gasteiger partial charge in [-0.05, 0) is 79.9 Å². The van der Waals surface area contributed by atoms with Gasteiger partial charge < -0.3 is 5.11 Å². The number of phenolic OH excluding ortho intramolecular Hbond substituents is 1. The van der Waals surface area contributed by atoms with Crippen molar-refractivity contribution in [2.45, 2.75) is 33.1 Å². The zero-order valence-electron chi connectivity index (χ0n) is 15.0. The molecule has 4 nitrogen and oxygen atoms in total. The van der Waals surface area contributed by atoms with Gasteiger partial charge in [0.25, 0.3) is 0 Å². The number of benzene rings is 2. The van der Waals surface area contributed by atoms with Crippen LogP contribution in [0.15, 0.2) is 50.4 Å². The van der Waals surface area contributed by atoms with Gasteiger partial charge in [0.1, 0.15) is 5.75 Å². The summed E-state index contributed by atoms with van der Waals surface area (Å²) in [6.07, 6.45) is 2.56. The van der Waals surface area contributed by atoms with E-state index in [0.29, 0.717) is 14.9 Å². The van der Waals surface area contributed by atoms with Gasteiger partial charge in [0.2, 0.25) is 5.91 Å². The van der Waals surface area contributed by atoms with Gasteiger partial charge in [-0.25, -0.2) is 5.43 Å². The van der Waals surface area contributed by atoms with Crippen LogP contribution < -0.4 is 5.43 Å². The number of amides is 1. The lowest BCUT2D eigenvalue weighted by Crippen LogP contribution is -2.23. The number of carbonyl (C=O) groups excluding carboxylic acids is 1. The van der Waals surface area contributed by atoms with Gasteiger partial charge in [0, 0.05) is 0 Å². The number of hydrogen-bond donors (Lipinski definition) is 2. The maximum Gasteiger partial charge on any atom is 0.247 e. The topological polar surface area (TPSA) is 61.7 Å². The second-order valence-electron chi connectivity index (χ2n) is 6.63. The molecule has 0 spiro atoms. The van der Waals surface area contributed by atoms with Gasteiger partial charge in [0.05, 0.1) is 21.1 Å². The number of hydrogen-bond acceptors (Lipinski definition) is 3. The van der Waals surface area contributed by atoms with E-state index in [2.05, 4.69) is 68.4 Å². The van der Waals surface area contributed by atoms with Crippen molar-refractivity contribution in [3.8, 4) is 5.75 Å². The largest absolute Gasteiger partial charge is 0.506 e. The fourth-order valence-corrected chi connectivity index (χ4v) is 3.71. The molecule has 0 aliphatic carbocycles. The number of hydrazone groups is 1. The molecule has 0 radical (unpaired) electrons. The lowest BCUT2D eigenvalue weighted by molar-refractivity contribution is -0.122. The van der Waals surface area contributed by atoms with Crippen LogP contribution in [-0.4, -0.2) is 17.2 Å². The summed E-state index contributed by atoms with van der Waals surface area (Å²) in [6, 6.07) is 11.6. The highest BCUT2D eigenvalue weighted by Crippen LogP contribution is 2.32. The van der Waals surface area contributed by atoms with Crippen molar-refractivity contribution in [3.05, 3.63) is 62.0 Å². The summed E-state index contributed by atoms with van der Waals surface area (Å²) in [6.45, 7) is 6.23. The maximum atomic E-state index is 12.3. The van der Waals surface area contributed by atoms with E-state index < -0.39 is 0 Å². The highest BCUT2D eigenvalue weighted by Gasteiger charge is 2.14. The first-order chi connectivity index (χ1) is 12.3. The number of nitrogens with one attached hydrogen (secondary N) is 1. The van der Waals surface area contributed by atoms with Crippen molar-refractivity contribution in [1.82, 2.24) is 5.43 Å². The summed E-state index contributed by atoms with van der Waals surface area (Å²) in [4.78, 5) is 12.3. The lowest BCUT2D eigenvalue weighted by atomic mass is 9.96. The van der Waals surface area contributed by atoms with E-state index in [1.807, 2.05) is 19.1 Å². The monoisotopic (exact) mass is 480 g/mol. The minimum Gasteiger partial charge on any atom is -0.506 e. The molecule has 0 aliphatic heterocycles. The van der Waals surface area contributed by atoms with Crippen molar-refractivity contribution < 1.29 is 9.90 Å². The third-order valence-corrected chi connectivity index (χ3v) is 5.15. The number of phenols is 1. The minimum absolute atomic E-state index is 0.126. The Morgan fingerprint density at radius 1 is 1.15 bits per heavy atom. The Morgan fingerprint density at radius 3 is 2.27 bits per heavy atom. The number of carbonyl (C=O) groups is 1. The molecule has 0 bridgehead atoms. The lowest BCUT2D eigenvalue weighted by Gasteiger charge is -2.11. The molecule has 1 amide bonds. The molecule has 0 heterocycles. The van der Waals surface area contributed by atoms with Crippen LogP contribution >= 0.6 is 31.9 Å². The van der Waals surface area contributed by atoms with Crippen LogP contribution in [0.3, 0.4) is 0 Å². The van der Waals surface area contributed by atoms with E-state index in [0.717, 1.165) is 17.5 Å². The predicted molar refractivity (Wildman–Crippen MR) is 113 cm³/mol. The first kappa shape index (κ1) is 20.6. The molecule has 26 heavy (non-hydrogen) atoms. The standard InChI is InChI=1S/C20H22Br2N2O2/c1-12(2)8-14-4-6-16(7-5-14)13(3)20(26)24-23-11-15-9-17(21)19(25)18(22)10-15/h4-7,9-13,25H,8H2,1-3H3,(H,24,26)/b23-11+. The summed E-state index contributed by atoms with van der Waals surface area (Å²) in [7, 11) is 0. The number of halogens is 2. The molecule has 2 rings (SSSR count). The van der Waals surface area contributed by atoms with E-state index in [1.165, 1.54) is 11.8 Å². The third kappa shape index (κ3) is 5.68. The fourth-order valence-electron chi connectivity index (χ4n) is 2.49. The van der Waals surface area contributed by atoms with Crippen LogP contribution in [0.5, 0.6) is 5.75 Å². The van der Waals surface area contributed by atoms with Crippen molar-refractivity contribution in [1.29, 1.82) is 0 Å². The molecule has 0 saturated carbocycles. The SMILES string of the molecule is CC(C)Cc1ccc(C(C)C(=O)N/N=C/c2cc(Br)c(O)c(Br)c2)cc1. The zero-order valence-corrected chi connectivity index (χ0v) is 18.1. The molecular formula is C20H22Br2N2O2. The van der Waals surface area contributed by atoms with Crippen LogP contribution in [0.25, 0.3) is 0 Å². The molecule has 0 aromatic heterocycles. The average Bonchev–Trinajstić information content (AvgIpc) is 2.59. The van der Waals surface area contributed by atoms with E-state index in [1.54, 1.807) is 12.1 Å². The molecule has 2 aromatic carbocycles. The molecule has 2 aromatic rings. The Bertz CT molecular complexity index is 779. The van der Waals surface area contributed by atoms with Gasteiger partial charge in [-0.1, -0.05) is 38.1 Å². The number of aromatic hydroxyl groups is 1. The Balaban J connectivity index is 1.98. The molecule has 0 saturated heterocycles. The quantitative estimate of drug-likeness (QED) is 0.430. The van der Waals surface area contributed by atoms with Crippen molar-refractivity contribution in [2.75, 3.05) is 0 Å². The van der Waals surface area contributed by atoms with E-state index >= 15 is 0 Å². The molecule has 1 atom stereocenters. The van der Waals surface area contributed by atoms with Gasteiger partial charge in [-0.2, -0.15) is 5.10 Å². The van der Waals surface area contributed by atoms with Gasteiger partial charge in [0.15, 0.2) is 0 Å². The van der Waals surface area contributed by atoms with Gasteiger partial charge in [-0.3, -0.25) is 4.79 Å². The van der Waals surface area contributed by atoms with Gasteiger partial charge >= 0.3 is 0 Å². The molecule has 2 N–H and O–H groups in total. The third-order valence-electron chi connectivity index (χ3n) is 3.94. The highest BCUT2D eigenvalue weighted by atomic mass is 79.9. The molecule has 0 aliphatic rings. The van der Waals surface area contributed by atoms with Crippen LogP contribution in [0, 0.1) is 5.92 Å². The normalized spacial score (nSPS) is 12.5. The Labute approximate surface area is 171 Å². The highest BCUT2D eigenvalue weighted by molar-refractivity contribution is 9.11. The number of rotatable bonds is 6. The first-order valence-electron chi connectivity index (χ1n) is 8.37. The smallest absolute Gasteiger partial charge is 0.247 e. The zero-order chi connectivity index (χ0) is 19.3. The summed E-state index contributed by atoms with van der Waals surface area (Å²) in [5.41, 5.74) is 5.54. The summed E-state index contributed by atoms with van der Waals surface area (Å²) < 4.78 is 1.10. The summed E-state index contributed by atoms with van der Waals surface area (Å²) in [5.74, 6) is 0.268. The Morgan fingerprint density at radius 2 is 1.73 bits per heavy atom.